The normalized spacial score (nSPS) is 11.2. The third kappa shape index (κ3) is 7.60. The smallest absolute Gasteiger partial charge is 0.328 e. The lowest BCUT2D eigenvalue weighted by Gasteiger charge is -2.25. The fourth-order valence-corrected chi connectivity index (χ4v) is 4.19. The van der Waals surface area contributed by atoms with Gasteiger partial charge < -0.3 is 29.2 Å². The van der Waals surface area contributed by atoms with Gasteiger partial charge in [-0.15, -0.1) is 0 Å². The molecule has 1 amide bonds. The summed E-state index contributed by atoms with van der Waals surface area (Å²) in [6, 6.07) is 9.28. The van der Waals surface area contributed by atoms with E-state index in [1.807, 2.05) is 24.3 Å². The highest BCUT2D eigenvalue weighted by molar-refractivity contribution is 6.02. The van der Waals surface area contributed by atoms with Crippen LogP contribution in [0.15, 0.2) is 36.5 Å². The molecule has 0 fully saturated rings. The molecular weight excluding hydrogens is 549 g/mol. The zero-order chi connectivity index (χ0) is 30.6. The topological polar surface area (TPSA) is 153 Å². The molecule has 1 atom stereocenters. The molecular formula is C29H32FN5O7. The van der Waals surface area contributed by atoms with E-state index in [0.29, 0.717) is 16.7 Å². The van der Waals surface area contributed by atoms with Crippen LogP contribution in [0.5, 0.6) is 11.5 Å². The molecule has 1 heterocycles. The van der Waals surface area contributed by atoms with Gasteiger partial charge in [0.15, 0.2) is 11.6 Å². The maximum atomic E-state index is 16.0. The number of halogens is 1. The molecule has 0 aliphatic rings. The molecule has 0 bridgehead atoms. The summed E-state index contributed by atoms with van der Waals surface area (Å²) < 4.78 is 36.7. The number of carbonyl (C=O) groups excluding carboxylic acids is 3. The number of benzene rings is 2. The number of rotatable bonds is 14. The Labute approximate surface area is 242 Å². The van der Waals surface area contributed by atoms with Crippen molar-refractivity contribution >= 4 is 34.6 Å². The molecule has 1 unspecified atom stereocenters. The summed E-state index contributed by atoms with van der Waals surface area (Å²) in [5.74, 6) is -3.72. The summed E-state index contributed by atoms with van der Waals surface area (Å²) >= 11 is 0. The number of esters is 2. The minimum Gasteiger partial charge on any atom is -0.496 e. The summed E-state index contributed by atoms with van der Waals surface area (Å²) in [6.07, 6.45) is 1.25. The highest BCUT2D eigenvalue weighted by Crippen LogP contribution is 2.39. The second kappa shape index (κ2) is 15.1. The van der Waals surface area contributed by atoms with Crippen LogP contribution in [0.25, 0.3) is 11.0 Å². The van der Waals surface area contributed by atoms with E-state index in [4.69, 9.17) is 18.9 Å². The van der Waals surface area contributed by atoms with Crippen LogP contribution in [-0.2, 0) is 25.6 Å². The number of carbonyl (C=O) groups is 3. The lowest BCUT2D eigenvalue weighted by molar-refractivity contribution is -0.146. The van der Waals surface area contributed by atoms with Crippen LogP contribution in [0, 0.1) is 17.1 Å². The number of para-hydroxylation sites is 2. The molecule has 3 rings (SSSR count). The van der Waals surface area contributed by atoms with Crippen LogP contribution in [0.4, 0.5) is 10.1 Å². The van der Waals surface area contributed by atoms with Gasteiger partial charge in [-0.1, -0.05) is 12.1 Å². The molecule has 222 valence electrons. The van der Waals surface area contributed by atoms with Crippen molar-refractivity contribution in [1.82, 2.24) is 15.3 Å². The Bertz CT molecular complexity index is 1480. The Morgan fingerprint density at radius 1 is 1.10 bits per heavy atom. The zero-order valence-electron chi connectivity index (χ0n) is 23.8. The number of nitriles is 1. The van der Waals surface area contributed by atoms with Crippen molar-refractivity contribution in [1.29, 1.82) is 5.26 Å². The Balaban J connectivity index is 1.97. The number of hydrogen-bond donors (Lipinski definition) is 1. The predicted octanol–water partition coefficient (Wildman–Crippen LogP) is 3.32. The maximum absolute atomic E-state index is 16.0. The number of hydrogen-bond acceptors (Lipinski definition) is 11. The highest BCUT2D eigenvalue weighted by atomic mass is 19.1. The quantitative estimate of drug-likeness (QED) is 0.220. The Hall–Kier alpha value is -4.99. The van der Waals surface area contributed by atoms with Gasteiger partial charge in [0.1, 0.15) is 23.9 Å². The van der Waals surface area contributed by atoms with Crippen LogP contribution in [0.2, 0.25) is 0 Å². The fourth-order valence-electron chi connectivity index (χ4n) is 4.19. The molecule has 0 aliphatic heterocycles. The first-order valence-electron chi connectivity index (χ1n) is 13.2. The molecule has 3 aromatic rings. The molecule has 12 nitrogen and oxygen atoms in total. The fraction of sp³-hybridized carbons (Fsp3) is 0.379. The SMILES string of the molecule is CCOC(=O)CCC(NC(=O)c1c(OC)cc(N(CC#N)Cc2cnc3ccccc3n2)c(F)c1OC)C(=O)OCC. The van der Waals surface area contributed by atoms with Gasteiger partial charge in [0, 0.05) is 12.5 Å². The molecule has 1 aromatic heterocycles. The number of methoxy groups -OCH3 is 2. The largest absolute Gasteiger partial charge is 0.496 e. The number of ether oxygens (including phenoxy) is 4. The first kappa shape index (κ1) is 31.5. The van der Waals surface area contributed by atoms with Gasteiger partial charge in [-0.25, -0.2) is 14.2 Å². The van der Waals surface area contributed by atoms with Crippen molar-refractivity contribution in [3.8, 4) is 17.6 Å². The van der Waals surface area contributed by atoms with Crippen molar-refractivity contribution in [2.24, 2.45) is 0 Å². The number of amides is 1. The van der Waals surface area contributed by atoms with Crippen molar-refractivity contribution in [3.63, 3.8) is 0 Å². The molecule has 42 heavy (non-hydrogen) atoms. The Kier molecular flexibility index (Phi) is 11.4. The standard InChI is InChI=1S/C29H32FN5O7/c1-5-41-24(36)12-11-21(29(38)42-6-2)34-28(37)25-23(39-3)15-22(26(30)27(25)40-4)35(14-13-31)17-18-16-32-19-9-7-8-10-20(19)33-18/h7-10,15-16,21H,5-6,11-12,14,17H2,1-4H3,(H,34,37). The second-order valence-corrected chi connectivity index (χ2v) is 8.81. The summed E-state index contributed by atoms with van der Waals surface area (Å²) in [4.78, 5) is 48.2. The summed E-state index contributed by atoms with van der Waals surface area (Å²) in [7, 11) is 2.45. The first-order chi connectivity index (χ1) is 20.3. The number of aromatic nitrogens is 2. The van der Waals surface area contributed by atoms with Crippen molar-refractivity contribution in [3.05, 3.63) is 53.6 Å². The Morgan fingerprint density at radius 3 is 2.45 bits per heavy atom. The van der Waals surface area contributed by atoms with Gasteiger partial charge >= 0.3 is 11.9 Å². The molecule has 0 saturated heterocycles. The van der Waals surface area contributed by atoms with Gasteiger partial charge in [0.25, 0.3) is 5.91 Å². The van der Waals surface area contributed by atoms with Gasteiger partial charge in [0.05, 0.1) is 68.7 Å². The van der Waals surface area contributed by atoms with E-state index in [2.05, 4.69) is 15.3 Å². The van der Waals surface area contributed by atoms with Crippen LogP contribution < -0.4 is 19.7 Å². The molecule has 13 heteroatoms. The van der Waals surface area contributed by atoms with E-state index in [1.54, 1.807) is 19.9 Å². The average molecular weight is 582 g/mol. The maximum Gasteiger partial charge on any atom is 0.328 e. The first-order valence-corrected chi connectivity index (χ1v) is 13.2. The van der Waals surface area contributed by atoms with E-state index >= 15 is 4.39 Å². The van der Waals surface area contributed by atoms with Crippen molar-refractivity contribution < 1.29 is 37.7 Å². The van der Waals surface area contributed by atoms with Crippen molar-refractivity contribution in [2.75, 3.05) is 38.9 Å². The number of nitrogens with one attached hydrogen (secondary N) is 1. The monoisotopic (exact) mass is 581 g/mol. The van der Waals surface area contributed by atoms with Crippen LogP contribution in [0.1, 0.15) is 42.7 Å². The third-order valence-electron chi connectivity index (χ3n) is 6.09. The molecule has 0 radical (unpaired) electrons. The lowest BCUT2D eigenvalue weighted by atomic mass is 10.1. The Morgan fingerprint density at radius 2 is 1.81 bits per heavy atom. The summed E-state index contributed by atoms with van der Waals surface area (Å²) in [6.45, 7) is 3.22. The van der Waals surface area contributed by atoms with Gasteiger partial charge in [-0.2, -0.15) is 5.26 Å². The molecule has 1 N–H and O–H groups in total. The molecule has 0 saturated carbocycles. The van der Waals surface area contributed by atoms with Crippen LogP contribution >= 0.6 is 0 Å². The lowest BCUT2D eigenvalue weighted by Crippen LogP contribution is -2.42. The predicted molar refractivity (Wildman–Crippen MR) is 149 cm³/mol. The van der Waals surface area contributed by atoms with E-state index in [9.17, 15) is 19.6 Å². The number of fused-ring (bicyclic) bond motifs is 1. The minimum absolute atomic E-state index is 0.0129. The van der Waals surface area contributed by atoms with Crippen LogP contribution in [0.3, 0.4) is 0 Å². The van der Waals surface area contributed by atoms with E-state index in [0.717, 1.165) is 0 Å². The molecule has 0 aliphatic carbocycles. The van der Waals surface area contributed by atoms with Gasteiger partial charge in [-0.05, 0) is 32.4 Å². The summed E-state index contributed by atoms with van der Waals surface area (Å²) in [5.41, 5.74) is 1.38. The zero-order valence-corrected chi connectivity index (χ0v) is 23.8. The van der Waals surface area contributed by atoms with Gasteiger partial charge in [0.2, 0.25) is 0 Å². The summed E-state index contributed by atoms with van der Waals surface area (Å²) in [5, 5.41) is 12.0. The van der Waals surface area contributed by atoms with Gasteiger partial charge in [-0.3, -0.25) is 14.6 Å². The van der Waals surface area contributed by atoms with Crippen LogP contribution in [-0.4, -0.2) is 67.8 Å². The van der Waals surface area contributed by atoms with E-state index in [1.165, 1.54) is 31.4 Å². The molecule has 2 aromatic carbocycles. The average Bonchev–Trinajstić information content (AvgIpc) is 2.98. The van der Waals surface area contributed by atoms with E-state index in [-0.39, 0.29) is 56.1 Å². The van der Waals surface area contributed by atoms with E-state index < -0.39 is 35.5 Å². The second-order valence-electron chi connectivity index (χ2n) is 8.81. The van der Waals surface area contributed by atoms with Crippen molar-refractivity contribution in [2.45, 2.75) is 39.3 Å². The minimum atomic E-state index is -1.24. The highest BCUT2D eigenvalue weighted by Gasteiger charge is 2.31. The molecule has 0 spiro atoms. The number of nitrogens with zero attached hydrogens (tertiary/aromatic N) is 4. The third-order valence-corrected chi connectivity index (χ3v) is 6.09. The number of anilines is 1.